The Balaban J connectivity index is 1.53. The third-order valence-corrected chi connectivity index (χ3v) is 5.37. The Morgan fingerprint density at radius 1 is 0.862 bits per heavy atom. The fourth-order valence-corrected chi connectivity index (χ4v) is 3.79. The van der Waals surface area contributed by atoms with Crippen LogP contribution in [0.25, 0.3) is 11.3 Å². The lowest BCUT2D eigenvalue weighted by Gasteiger charge is -2.21. The maximum atomic E-state index is 5.58. The van der Waals surface area contributed by atoms with Gasteiger partial charge in [-0.05, 0) is 42.8 Å². The van der Waals surface area contributed by atoms with E-state index >= 15 is 0 Å². The second-order valence-corrected chi connectivity index (χ2v) is 7.21. The fraction of sp³-hybridized carbons (Fsp3) is 0.348. The first-order chi connectivity index (χ1) is 14.2. The van der Waals surface area contributed by atoms with Crippen LogP contribution in [0.5, 0.6) is 17.2 Å². The first kappa shape index (κ1) is 19.3. The molecule has 2 heterocycles. The van der Waals surface area contributed by atoms with E-state index in [1.807, 2.05) is 24.3 Å². The SMILES string of the molecule is COc1ccc(-c2cc3n(n2)CCCN(Cc2ccc(OC)cc2OC)C3)cc1. The molecule has 152 valence electrons. The number of rotatable bonds is 6. The van der Waals surface area contributed by atoms with Crippen LogP contribution in [0, 0.1) is 0 Å². The number of hydrogen-bond donors (Lipinski definition) is 0. The lowest BCUT2D eigenvalue weighted by atomic mass is 10.1. The molecule has 0 N–H and O–H groups in total. The van der Waals surface area contributed by atoms with Gasteiger partial charge in [0.05, 0.1) is 32.7 Å². The van der Waals surface area contributed by atoms with E-state index in [9.17, 15) is 0 Å². The Hall–Kier alpha value is -2.99. The highest BCUT2D eigenvalue weighted by Crippen LogP contribution is 2.28. The standard InChI is InChI=1S/C23H27N3O3/c1-27-20-8-5-17(6-9-20)22-13-19-16-25(11-4-12-26(19)24-22)15-18-7-10-21(28-2)14-23(18)29-3/h5-10,13-14H,4,11-12,15-16H2,1-3H3. The zero-order valence-electron chi connectivity index (χ0n) is 17.2. The molecule has 6 nitrogen and oxygen atoms in total. The topological polar surface area (TPSA) is 48.8 Å². The molecule has 4 rings (SSSR count). The largest absolute Gasteiger partial charge is 0.497 e. The molecule has 0 saturated heterocycles. The van der Waals surface area contributed by atoms with E-state index in [4.69, 9.17) is 19.3 Å². The quantitative estimate of drug-likeness (QED) is 0.634. The second-order valence-electron chi connectivity index (χ2n) is 7.21. The molecule has 2 aromatic carbocycles. The minimum atomic E-state index is 0.809. The molecular formula is C23H27N3O3. The third kappa shape index (κ3) is 4.22. The maximum absolute atomic E-state index is 5.58. The number of aryl methyl sites for hydroxylation is 1. The van der Waals surface area contributed by atoms with Crippen molar-refractivity contribution in [2.24, 2.45) is 0 Å². The minimum absolute atomic E-state index is 0.809. The van der Waals surface area contributed by atoms with Crippen LogP contribution in [0.15, 0.2) is 48.5 Å². The molecule has 0 aliphatic carbocycles. The van der Waals surface area contributed by atoms with Crippen molar-refractivity contribution in [3.8, 4) is 28.5 Å². The van der Waals surface area contributed by atoms with Gasteiger partial charge < -0.3 is 14.2 Å². The van der Waals surface area contributed by atoms with E-state index in [1.165, 1.54) is 5.69 Å². The Morgan fingerprint density at radius 3 is 2.34 bits per heavy atom. The summed E-state index contributed by atoms with van der Waals surface area (Å²) in [5.41, 5.74) is 4.51. The van der Waals surface area contributed by atoms with Crippen LogP contribution in [0.2, 0.25) is 0 Å². The van der Waals surface area contributed by atoms with Gasteiger partial charge in [0.2, 0.25) is 0 Å². The summed E-state index contributed by atoms with van der Waals surface area (Å²) in [7, 11) is 5.06. The molecular weight excluding hydrogens is 366 g/mol. The van der Waals surface area contributed by atoms with E-state index in [0.717, 1.165) is 66.7 Å². The number of aromatic nitrogens is 2. The molecule has 0 fully saturated rings. The van der Waals surface area contributed by atoms with Crippen LogP contribution in [0.1, 0.15) is 17.7 Å². The number of methoxy groups -OCH3 is 3. The molecule has 0 spiro atoms. The van der Waals surface area contributed by atoms with Crippen LogP contribution in [0.4, 0.5) is 0 Å². The van der Waals surface area contributed by atoms with Gasteiger partial charge in [-0.3, -0.25) is 9.58 Å². The summed E-state index contributed by atoms with van der Waals surface area (Å²) in [5, 5.41) is 4.84. The minimum Gasteiger partial charge on any atom is -0.497 e. The monoisotopic (exact) mass is 393 g/mol. The highest BCUT2D eigenvalue weighted by atomic mass is 16.5. The summed E-state index contributed by atoms with van der Waals surface area (Å²) >= 11 is 0. The molecule has 0 bridgehead atoms. The molecule has 1 aliphatic rings. The van der Waals surface area contributed by atoms with E-state index < -0.39 is 0 Å². The summed E-state index contributed by atoms with van der Waals surface area (Å²) in [6.45, 7) is 3.65. The van der Waals surface area contributed by atoms with Gasteiger partial charge in [-0.15, -0.1) is 0 Å². The summed E-state index contributed by atoms with van der Waals surface area (Å²) in [6.07, 6.45) is 1.06. The van der Waals surface area contributed by atoms with Crippen molar-refractivity contribution in [3.05, 3.63) is 59.8 Å². The highest BCUT2D eigenvalue weighted by molar-refractivity contribution is 5.60. The first-order valence-electron chi connectivity index (χ1n) is 9.84. The highest BCUT2D eigenvalue weighted by Gasteiger charge is 2.19. The van der Waals surface area contributed by atoms with Gasteiger partial charge in [0, 0.05) is 43.4 Å². The smallest absolute Gasteiger partial charge is 0.127 e. The summed E-state index contributed by atoms with van der Waals surface area (Å²) < 4.78 is 18.3. The van der Waals surface area contributed by atoms with Crippen LogP contribution >= 0.6 is 0 Å². The van der Waals surface area contributed by atoms with Crippen molar-refractivity contribution in [2.75, 3.05) is 27.9 Å². The molecule has 1 aliphatic heterocycles. The zero-order valence-corrected chi connectivity index (χ0v) is 17.2. The Morgan fingerprint density at radius 2 is 1.62 bits per heavy atom. The van der Waals surface area contributed by atoms with Crippen molar-refractivity contribution in [2.45, 2.75) is 26.1 Å². The van der Waals surface area contributed by atoms with Crippen molar-refractivity contribution < 1.29 is 14.2 Å². The summed E-state index contributed by atoms with van der Waals surface area (Å²) in [4.78, 5) is 2.45. The molecule has 0 saturated carbocycles. The summed E-state index contributed by atoms with van der Waals surface area (Å²) in [6, 6.07) is 16.3. The van der Waals surface area contributed by atoms with Gasteiger partial charge in [-0.2, -0.15) is 5.10 Å². The molecule has 3 aromatic rings. The molecule has 29 heavy (non-hydrogen) atoms. The second kappa shape index (κ2) is 8.57. The predicted octanol–water partition coefficient (Wildman–Crippen LogP) is 3.98. The van der Waals surface area contributed by atoms with Crippen LogP contribution in [0.3, 0.4) is 0 Å². The molecule has 6 heteroatoms. The van der Waals surface area contributed by atoms with E-state index in [0.29, 0.717) is 0 Å². The van der Waals surface area contributed by atoms with Crippen molar-refractivity contribution in [3.63, 3.8) is 0 Å². The number of fused-ring (bicyclic) bond motifs is 1. The van der Waals surface area contributed by atoms with Gasteiger partial charge in [0.15, 0.2) is 0 Å². The lowest BCUT2D eigenvalue weighted by Crippen LogP contribution is -2.23. The Labute approximate surface area is 171 Å². The van der Waals surface area contributed by atoms with Gasteiger partial charge in [0.25, 0.3) is 0 Å². The Bertz CT molecular complexity index is 966. The lowest BCUT2D eigenvalue weighted by molar-refractivity contribution is 0.256. The molecule has 0 atom stereocenters. The third-order valence-electron chi connectivity index (χ3n) is 5.37. The zero-order chi connectivity index (χ0) is 20.2. The van der Waals surface area contributed by atoms with Crippen molar-refractivity contribution >= 4 is 0 Å². The normalized spacial score (nSPS) is 14.2. The molecule has 0 amide bonds. The average Bonchev–Trinajstić information content (AvgIpc) is 3.07. The molecule has 0 radical (unpaired) electrons. The van der Waals surface area contributed by atoms with Crippen LogP contribution < -0.4 is 14.2 Å². The first-order valence-corrected chi connectivity index (χ1v) is 9.84. The van der Waals surface area contributed by atoms with Gasteiger partial charge >= 0.3 is 0 Å². The van der Waals surface area contributed by atoms with E-state index in [-0.39, 0.29) is 0 Å². The van der Waals surface area contributed by atoms with Crippen LogP contribution in [-0.4, -0.2) is 42.6 Å². The number of benzene rings is 2. The molecule has 1 aromatic heterocycles. The predicted molar refractivity (Wildman–Crippen MR) is 112 cm³/mol. The average molecular weight is 393 g/mol. The number of ether oxygens (including phenoxy) is 3. The van der Waals surface area contributed by atoms with Crippen LogP contribution in [-0.2, 0) is 19.6 Å². The van der Waals surface area contributed by atoms with Crippen molar-refractivity contribution in [1.29, 1.82) is 0 Å². The van der Waals surface area contributed by atoms with Gasteiger partial charge in [-0.1, -0.05) is 6.07 Å². The van der Waals surface area contributed by atoms with E-state index in [1.54, 1.807) is 21.3 Å². The van der Waals surface area contributed by atoms with Gasteiger partial charge in [0.1, 0.15) is 17.2 Å². The van der Waals surface area contributed by atoms with Crippen molar-refractivity contribution in [1.82, 2.24) is 14.7 Å². The number of nitrogens with zero attached hydrogens (tertiary/aromatic N) is 3. The van der Waals surface area contributed by atoms with E-state index in [2.05, 4.69) is 33.8 Å². The fourth-order valence-electron chi connectivity index (χ4n) is 3.79. The molecule has 0 unspecified atom stereocenters. The Kier molecular flexibility index (Phi) is 5.71. The van der Waals surface area contributed by atoms with Gasteiger partial charge in [-0.25, -0.2) is 0 Å². The number of hydrogen-bond acceptors (Lipinski definition) is 5. The summed E-state index contributed by atoms with van der Waals surface area (Å²) in [5.74, 6) is 2.53. The maximum Gasteiger partial charge on any atom is 0.127 e.